The smallest absolute Gasteiger partial charge is 0.387 e. The summed E-state index contributed by atoms with van der Waals surface area (Å²) in [5.74, 6) is -0.384. The Bertz CT molecular complexity index is 737. The monoisotopic (exact) mass is 321 g/mol. The minimum absolute atomic E-state index is 0.0259. The molecule has 1 aromatic heterocycles. The first kappa shape index (κ1) is 14.4. The molecule has 112 valence electrons. The standard InChI is InChI=1S/C15H9F2NO3S/c16-15(17)20-10-5-3-9(4-6-10)13-18-12(14(19)21-13)8-11-2-1-7-22-11/h1-8,15H. The molecule has 3 rings (SSSR count). The number of rotatable bonds is 4. The van der Waals surface area contributed by atoms with Crippen molar-refractivity contribution in [2.75, 3.05) is 0 Å². The van der Waals surface area contributed by atoms with Gasteiger partial charge < -0.3 is 9.47 Å². The van der Waals surface area contributed by atoms with E-state index in [4.69, 9.17) is 4.74 Å². The summed E-state index contributed by atoms with van der Waals surface area (Å²) in [5.41, 5.74) is 0.704. The van der Waals surface area contributed by atoms with Crippen LogP contribution in [0.15, 0.2) is 52.5 Å². The molecule has 1 aliphatic rings. The summed E-state index contributed by atoms with van der Waals surface area (Å²) >= 11 is 1.48. The molecule has 7 heteroatoms. The topological polar surface area (TPSA) is 47.9 Å². The molecule has 2 heterocycles. The highest BCUT2D eigenvalue weighted by Gasteiger charge is 2.24. The lowest BCUT2D eigenvalue weighted by molar-refractivity contribution is -0.129. The lowest BCUT2D eigenvalue weighted by atomic mass is 10.2. The molecule has 0 spiro atoms. The summed E-state index contributed by atoms with van der Waals surface area (Å²) in [6, 6.07) is 9.44. The second kappa shape index (κ2) is 6.07. The van der Waals surface area contributed by atoms with Gasteiger partial charge in [-0.15, -0.1) is 11.3 Å². The largest absolute Gasteiger partial charge is 0.435 e. The number of benzene rings is 1. The number of aliphatic imine (C=N–C) groups is 1. The van der Waals surface area contributed by atoms with Crippen LogP contribution in [0, 0.1) is 0 Å². The molecule has 0 aliphatic carbocycles. The molecule has 0 amide bonds. The van der Waals surface area contributed by atoms with Crippen molar-refractivity contribution in [3.8, 4) is 5.75 Å². The van der Waals surface area contributed by atoms with Crippen LogP contribution in [-0.2, 0) is 9.53 Å². The molecule has 0 radical (unpaired) electrons. The van der Waals surface area contributed by atoms with E-state index in [0.717, 1.165) is 4.88 Å². The van der Waals surface area contributed by atoms with Crippen molar-refractivity contribution >= 4 is 29.3 Å². The number of esters is 1. The number of nitrogens with zero attached hydrogens (tertiary/aromatic N) is 1. The third-order valence-corrected chi connectivity index (χ3v) is 3.59. The van der Waals surface area contributed by atoms with E-state index in [1.807, 2.05) is 17.5 Å². The number of thiophene rings is 1. The van der Waals surface area contributed by atoms with Gasteiger partial charge in [0.2, 0.25) is 5.90 Å². The minimum Gasteiger partial charge on any atom is -0.435 e. The fourth-order valence-electron chi connectivity index (χ4n) is 1.82. The molecule has 0 bridgehead atoms. The summed E-state index contributed by atoms with van der Waals surface area (Å²) in [5, 5.41) is 1.89. The van der Waals surface area contributed by atoms with E-state index in [1.165, 1.54) is 35.6 Å². The molecule has 0 N–H and O–H groups in total. The summed E-state index contributed by atoms with van der Waals surface area (Å²) in [6.07, 6.45) is 1.63. The van der Waals surface area contributed by atoms with Crippen LogP contribution < -0.4 is 4.74 Å². The van der Waals surface area contributed by atoms with E-state index < -0.39 is 12.6 Å². The normalized spacial score (nSPS) is 16.0. The van der Waals surface area contributed by atoms with Crippen molar-refractivity contribution in [2.45, 2.75) is 6.61 Å². The quantitative estimate of drug-likeness (QED) is 0.637. The molecule has 0 fully saturated rings. The van der Waals surface area contributed by atoms with Crippen molar-refractivity contribution in [1.29, 1.82) is 0 Å². The Morgan fingerprint density at radius 3 is 2.64 bits per heavy atom. The van der Waals surface area contributed by atoms with Crippen molar-refractivity contribution in [2.24, 2.45) is 4.99 Å². The van der Waals surface area contributed by atoms with Crippen molar-refractivity contribution in [3.63, 3.8) is 0 Å². The highest BCUT2D eigenvalue weighted by molar-refractivity contribution is 7.10. The van der Waals surface area contributed by atoms with Gasteiger partial charge in [0.25, 0.3) is 0 Å². The predicted octanol–water partition coefficient (Wildman–Crippen LogP) is 3.69. The summed E-state index contributed by atoms with van der Waals surface area (Å²) in [7, 11) is 0. The van der Waals surface area contributed by atoms with Crippen LogP contribution in [0.1, 0.15) is 10.4 Å². The maximum absolute atomic E-state index is 12.1. The van der Waals surface area contributed by atoms with Gasteiger partial charge in [-0.2, -0.15) is 8.78 Å². The number of ether oxygens (including phenoxy) is 2. The third-order valence-electron chi connectivity index (χ3n) is 2.77. The van der Waals surface area contributed by atoms with Crippen molar-refractivity contribution in [3.05, 3.63) is 57.9 Å². The molecule has 2 aromatic rings. The third kappa shape index (κ3) is 3.20. The van der Waals surface area contributed by atoms with Crippen LogP contribution >= 0.6 is 11.3 Å². The van der Waals surface area contributed by atoms with Gasteiger partial charge in [0.1, 0.15) is 5.75 Å². The number of halogens is 2. The zero-order chi connectivity index (χ0) is 15.5. The zero-order valence-corrected chi connectivity index (χ0v) is 11.8. The predicted molar refractivity (Wildman–Crippen MR) is 78.0 cm³/mol. The van der Waals surface area contributed by atoms with E-state index in [-0.39, 0.29) is 17.3 Å². The molecular formula is C15H9F2NO3S. The first-order chi connectivity index (χ1) is 10.6. The average molecular weight is 321 g/mol. The number of carbonyl (C=O) groups is 1. The molecule has 22 heavy (non-hydrogen) atoms. The van der Waals surface area contributed by atoms with Gasteiger partial charge in [-0.1, -0.05) is 6.07 Å². The van der Waals surface area contributed by atoms with E-state index in [2.05, 4.69) is 9.73 Å². The van der Waals surface area contributed by atoms with Crippen LogP contribution in [0.4, 0.5) is 8.78 Å². The van der Waals surface area contributed by atoms with Gasteiger partial charge in [-0.05, 0) is 41.8 Å². The highest BCUT2D eigenvalue weighted by Crippen LogP contribution is 2.22. The van der Waals surface area contributed by atoms with E-state index in [9.17, 15) is 13.6 Å². The first-order valence-electron chi connectivity index (χ1n) is 6.23. The van der Waals surface area contributed by atoms with Crippen LogP contribution in [-0.4, -0.2) is 18.5 Å². The first-order valence-corrected chi connectivity index (χ1v) is 7.11. The van der Waals surface area contributed by atoms with Crippen LogP contribution in [0.5, 0.6) is 5.75 Å². The molecule has 0 saturated heterocycles. The maximum atomic E-state index is 12.1. The Morgan fingerprint density at radius 2 is 2.00 bits per heavy atom. The summed E-state index contributed by atoms with van der Waals surface area (Å²) in [4.78, 5) is 16.8. The van der Waals surface area contributed by atoms with Gasteiger partial charge >= 0.3 is 12.6 Å². The molecule has 0 unspecified atom stereocenters. The van der Waals surface area contributed by atoms with Crippen LogP contribution in [0.25, 0.3) is 6.08 Å². The fourth-order valence-corrected chi connectivity index (χ4v) is 2.47. The van der Waals surface area contributed by atoms with Gasteiger partial charge in [-0.25, -0.2) is 9.79 Å². The zero-order valence-electron chi connectivity index (χ0n) is 11.0. The number of cyclic esters (lactones) is 1. The summed E-state index contributed by atoms with van der Waals surface area (Å²) < 4.78 is 33.5. The Hall–Kier alpha value is -2.54. The van der Waals surface area contributed by atoms with E-state index in [0.29, 0.717) is 5.56 Å². The molecule has 1 aromatic carbocycles. The number of hydrogen-bond donors (Lipinski definition) is 0. The van der Waals surface area contributed by atoms with E-state index >= 15 is 0 Å². The lowest BCUT2D eigenvalue weighted by Gasteiger charge is -2.04. The van der Waals surface area contributed by atoms with Crippen LogP contribution in [0.2, 0.25) is 0 Å². The molecule has 4 nitrogen and oxygen atoms in total. The second-order valence-corrected chi connectivity index (χ2v) is 5.23. The number of carbonyl (C=O) groups excluding carboxylic acids is 1. The van der Waals surface area contributed by atoms with E-state index in [1.54, 1.807) is 6.08 Å². The van der Waals surface area contributed by atoms with Crippen molar-refractivity contribution < 1.29 is 23.0 Å². The average Bonchev–Trinajstić information content (AvgIpc) is 3.10. The van der Waals surface area contributed by atoms with Crippen LogP contribution in [0.3, 0.4) is 0 Å². The molecular weight excluding hydrogens is 312 g/mol. The Balaban J connectivity index is 1.82. The SMILES string of the molecule is O=C1OC(c2ccc(OC(F)F)cc2)=NC1=Cc1cccs1. The van der Waals surface area contributed by atoms with Gasteiger partial charge in [0.15, 0.2) is 5.70 Å². The Morgan fingerprint density at radius 1 is 1.23 bits per heavy atom. The van der Waals surface area contributed by atoms with Gasteiger partial charge in [0.05, 0.1) is 0 Å². The molecule has 0 saturated carbocycles. The second-order valence-electron chi connectivity index (χ2n) is 4.25. The molecule has 0 atom stereocenters. The highest BCUT2D eigenvalue weighted by atomic mass is 32.1. The van der Waals surface area contributed by atoms with Gasteiger partial charge in [-0.3, -0.25) is 0 Å². The summed E-state index contributed by atoms with van der Waals surface area (Å²) in [6.45, 7) is -2.88. The Kier molecular flexibility index (Phi) is 3.97. The molecule has 1 aliphatic heterocycles. The maximum Gasteiger partial charge on any atom is 0.387 e. The number of hydrogen-bond acceptors (Lipinski definition) is 5. The minimum atomic E-state index is -2.88. The van der Waals surface area contributed by atoms with Gasteiger partial charge in [0, 0.05) is 10.4 Å². The Labute approximate surface area is 128 Å². The number of alkyl halides is 2. The van der Waals surface area contributed by atoms with Crippen molar-refractivity contribution in [1.82, 2.24) is 0 Å². The lowest BCUT2D eigenvalue weighted by Crippen LogP contribution is -2.06. The fraction of sp³-hybridized carbons (Fsp3) is 0.0667.